The SMILES string of the molecule is N[C@H]1[C@@H]2CCC[C@@H]2[C@@H]1C(=O)N1CCC2NC(=O)CCC2C1. The number of nitrogens with two attached hydrogens (primary N) is 1. The van der Waals surface area contributed by atoms with E-state index in [4.69, 9.17) is 5.73 Å². The van der Waals surface area contributed by atoms with Gasteiger partial charge >= 0.3 is 0 Å². The van der Waals surface area contributed by atoms with Crippen LogP contribution in [0.25, 0.3) is 0 Å². The minimum Gasteiger partial charge on any atom is -0.353 e. The summed E-state index contributed by atoms with van der Waals surface area (Å²) < 4.78 is 0. The van der Waals surface area contributed by atoms with Gasteiger partial charge in [0.25, 0.3) is 0 Å². The van der Waals surface area contributed by atoms with Crippen LogP contribution >= 0.6 is 0 Å². The fraction of sp³-hybridized carbons (Fsp3) is 0.875. The fourth-order valence-electron chi connectivity index (χ4n) is 5.22. The van der Waals surface area contributed by atoms with Gasteiger partial charge < -0.3 is 16.0 Å². The van der Waals surface area contributed by atoms with E-state index >= 15 is 0 Å². The molecule has 2 saturated carbocycles. The van der Waals surface area contributed by atoms with Crippen molar-refractivity contribution in [3.05, 3.63) is 0 Å². The molecule has 4 rings (SSSR count). The van der Waals surface area contributed by atoms with Gasteiger partial charge in [0.05, 0.1) is 5.92 Å². The highest BCUT2D eigenvalue weighted by molar-refractivity contribution is 5.82. The van der Waals surface area contributed by atoms with Crippen molar-refractivity contribution in [2.75, 3.05) is 13.1 Å². The smallest absolute Gasteiger partial charge is 0.227 e. The van der Waals surface area contributed by atoms with Crippen molar-refractivity contribution < 1.29 is 9.59 Å². The van der Waals surface area contributed by atoms with E-state index in [1.54, 1.807) is 0 Å². The van der Waals surface area contributed by atoms with E-state index in [2.05, 4.69) is 5.32 Å². The number of carbonyl (C=O) groups is 2. The summed E-state index contributed by atoms with van der Waals surface area (Å²) in [6.07, 6.45) is 6.07. The van der Waals surface area contributed by atoms with Crippen molar-refractivity contribution in [1.29, 1.82) is 0 Å². The summed E-state index contributed by atoms with van der Waals surface area (Å²) in [6, 6.07) is 0.373. The van der Waals surface area contributed by atoms with Crippen LogP contribution in [0.15, 0.2) is 0 Å². The van der Waals surface area contributed by atoms with Gasteiger partial charge in [-0.15, -0.1) is 0 Å². The lowest BCUT2D eigenvalue weighted by atomic mass is 9.62. The zero-order valence-electron chi connectivity index (χ0n) is 12.5. The summed E-state index contributed by atoms with van der Waals surface area (Å²) in [5.41, 5.74) is 6.26. The molecule has 5 nitrogen and oxygen atoms in total. The summed E-state index contributed by atoms with van der Waals surface area (Å²) in [6.45, 7) is 1.59. The summed E-state index contributed by atoms with van der Waals surface area (Å²) in [5, 5.41) is 3.08. The molecule has 2 aliphatic carbocycles. The first-order valence-electron chi connectivity index (χ1n) is 8.49. The van der Waals surface area contributed by atoms with E-state index in [0.717, 1.165) is 25.9 Å². The van der Waals surface area contributed by atoms with Crippen LogP contribution in [-0.4, -0.2) is 41.9 Å². The predicted octanol–water partition coefficient (Wildman–Crippen LogP) is 0.487. The van der Waals surface area contributed by atoms with Crippen molar-refractivity contribution in [3.8, 4) is 0 Å². The lowest BCUT2D eigenvalue weighted by molar-refractivity contribution is -0.148. The quantitative estimate of drug-likeness (QED) is 0.738. The molecule has 21 heavy (non-hydrogen) atoms. The van der Waals surface area contributed by atoms with Crippen LogP contribution in [0.2, 0.25) is 0 Å². The Bertz CT molecular complexity index is 466. The molecule has 0 aromatic heterocycles. The van der Waals surface area contributed by atoms with Crippen LogP contribution in [0.4, 0.5) is 0 Å². The molecule has 5 heteroatoms. The minimum atomic E-state index is 0.0761. The van der Waals surface area contributed by atoms with Crippen molar-refractivity contribution in [1.82, 2.24) is 10.2 Å². The number of nitrogens with one attached hydrogen (secondary N) is 1. The van der Waals surface area contributed by atoms with Gasteiger partial charge in [0, 0.05) is 31.6 Å². The van der Waals surface area contributed by atoms with Crippen LogP contribution in [0.1, 0.15) is 38.5 Å². The maximum Gasteiger partial charge on any atom is 0.227 e. The number of fused-ring (bicyclic) bond motifs is 2. The predicted molar refractivity (Wildman–Crippen MR) is 78.1 cm³/mol. The van der Waals surface area contributed by atoms with Gasteiger partial charge in [-0.2, -0.15) is 0 Å². The second-order valence-electron chi connectivity index (χ2n) is 7.41. The zero-order valence-corrected chi connectivity index (χ0v) is 12.5. The van der Waals surface area contributed by atoms with E-state index in [1.165, 1.54) is 19.3 Å². The highest BCUT2D eigenvalue weighted by Gasteiger charge is 2.55. The largest absolute Gasteiger partial charge is 0.353 e. The molecule has 0 bridgehead atoms. The molecule has 0 spiro atoms. The van der Waals surface area contributed by atoms with Gasteiger partial charge in [0.1, 0.15) is 0 Å². The summed E-state index contributed by atoms with van der Waals surface area (Å²) in [7, 11) is 0. The van der Waals surface area contributed by atoms with Crippen molar-refractivity contribution in [2.24, 2.45) is 29.4 Å². The molecule has 4 fully saturated rings. The average molecular weight is 291 g/mol. The van der Waals surface area contributed by atoms with Crippen molar-refractivity contribution in [2.45, 2.75) is 50.6 Å². The standard InChI is InChI=1S/C16H25N3O2/c17-15-11-3-1-2-10(11)14(15)16(21)19-7-6-12-9(8-19)4-5-13(20)18-12/h9-12,14-15H,1-8,17H2,(H,18,20)/t9?,10-,11+,12?,14-,15-/m0/s1. The molecule has 2 saturated heterocycles. The van der Waals surface area contributed by atoms with Gasteiger partial charge in [-0.3, -0.25) is 9.59 Å². The Labute approximate surface area is 125 Å². The lowest BCUT2D eigenvalue weighted by Gasteiger charge is -2.49. The third kappa shape index (κ3) is 2.08. The Balaban J connectivity index is 1.41. The van der Waals surface area contributed by atoms with E-state index in [9.17, 15) is 9.59 Å². The summed E-state index contributed by atoms with van der Waals surface area (Å²) in [5.74, 6) is 2.14. The van der Waals surface area contributed by atoms with Gasteiger partial charge in [-0.1, -0.05) is 6.42 Å². The molecule has 2 unspecified atom stereocenters. The van der Waals surface area contributed by atoms with Gasteiger partial charge in [-0.25, -0.2) is 0 Å². The fourth-order valence-corrected chi connectivity index (χ4v) is 5.22. The highest BCUT2D eigenvalue weighted by Crippen LogP contribution is 2.51. The Morgan fingerprint density at radius 1 is 1.19 bits per heavy atom. The topological polar surface area (TPSA) is 75.4 Å². The first-order chi connectivity index (χ1) is 10.1. The molecular formula is C16H25N3O2. The monoisotopic (exact) mass is 291 g/mol. The molecule has 0 aromatic rings. The van der Waals surface area contributed by atoms with E-state index < -0.39 is 0 Å². The minimum absolute atomic E-state index is 0.0761. The van der Waals surface area contributed by atoms with Crippen LogP contribution in [-0.2, 0) is 9.59 Å². The van der Waals surface area contributed by atoms with E-state index in [-0.39, 0.29) is 23.9 Å². The number of likely N-dealkylation sites (tertiary alicyclic amines) is 1. The normalized spacial score (nSPS) is 45.4. The maximum atomic E-state index is 12.8. The average Bonchev–Trinajstić information content (AvgIpc) is 2.90. The third-order valence-corrected chi connectivity index (χ3v) is 6.41. The van der Waals surface area contributed by atoms with Crippen LogP contribution in [0, 0.1) is 23.7 Å². The van der Waals surface area contributed by atoms with Gasteiger partial charge in [0.2, 0.25) is 11.8 Å². The molecule has 0 radical (unpaired) electrons. The molecule has 116 valence electrons. The first-order valence-corrected chi connectivity index (χ1v) is 8.49. The summed E-state index contributed by atoms with van der Waals surface area (Å²) in [4.78, 5) is 26.3. The lowest BCUT2D eigenvalue weighted by Crippen LogP contribution is -2.63. The first kappa shape index (κ1) is 13.6. The molecule has 2 heterocycles. The number of carbonyl (C=O) groups excluding carboxylic acids is 2. The van der Waals surface area contributed by atoms with Crippen LogP contribution in [0.3, 0.4) is 0 Å². The Hall–Kier alpha value is -1.10. The third-order valence-electron chi connectivity index (χ3n) is 6.41. The van der Waals surface area contributed by atoms with E-state index in [0.29, 0.717) is 30.1 Å². The maximum absolute atomic E-state index is 12.8. The number of amides is 2. The Morgan fingerprint density at radius 3 is 2.86 bits per heavy atom. The molecule has 4 aliphatic rings. The van der Waals surface area contributed by atoms with Crippen molar-refractivity contribution >= 4 is 11.8 Å². The van der Waals surface area contributed by atoms with Crippen molar-refractivity contribution in [3.63, 3.8) is 0 Å². The number of hydrogen-bond acceptors (Lipinski definition) is 3. The van der Waals surface area contributed by atoms with Gasteiger partial charge in [-0.05, 0) is 43.4 Å². The van der Waals surface area contributed by atoms with Crippen LogP contribution < -0.4 is 11.1 Å². The molecule has 0 aromatic carbocycles. The second kappa shape index (κ2) is 4.97. The molecule has 3 N–H and O–H groups in total. The Morgan fingerprint density at radius 2 is 2.00 bits per heavy atom. The molecule has 6 atom stereocenters. The summed E-state index contributed by atoms with van der Waals surface area (Å²) >= 11 is 0. The number of nitrogens with zero attached hydrogens (tertiary/aromatic N) is 1. The number of rotatable bonds is 1. The van der Waals surface area contributed by atoms with Crippen LogP contribution in [0.5, 0.6) is 0 Å². The van der Waals surface area contributed by atoms with Gasteiger partial charge in [0.15, 0.2) is 0 Å². The highest BCUT2D eigenvalue weighted by atomic mass is 16.2. The molecular weight excluding hydrogens is 266 g/mol. The molecule has 2 aliphatic heterocycles. The van der Waals surface area contributed by atoms with E-state index in [1.807, 2.05) is 4.90 Å². The molecule has 2 amide bonds. The number of hydrogen-bond donors (Lipinski definition) is 2. The number of piperidine rings is 2. The second-order valence-corrected chi connectivity index (χ2v) is 7.41. The Kier molecular flexibility index (Phi) is 3.21. The zero-order chi connectivity index (χ0) is 14.6.